The van der Waals surface area contributed by atoms with Crippen LogP contribution in [0.3, 0.4) is 0 Å². The molecule has 0 aliphatic heterocycles. The van der Waals surface area contributed by atoms with Crippen molar-refractivity contribution >= 4 is 17.9 Å². The summed E-state index contributed by atoms with van der Waals surface area (Å²) in [6.45, 7) is -2.37. The molecule has 0 heterocycles. The molecule has 0 saturated heterocycles. The first-order valence-corrected chi connectivity index (χ1v) is 3.23. The molecular weight excluding hydrogens is 266 g/mol. The van der Waals surface area contributed by atoms with Gasteiger partial charge in [0.05, 0.1) is 17.9 Å². The van der Waals surface area contributed by atoms with Gasteiger partial charge >= 0.3 is 17.1 Å². The fourth-order valence-corrected chi connectivity index (χ4v) is 0.715. The summed E-state index contributed by atoms with van der Waals surface area (Å²) < 4.78 is 0. The van der Waals surface area contributed by atoms with Crippen LogP contribution >= 0.6 is 0 Å². The Morgan fingerprint density at radius 1 is 0.812 bits per heavy atom. The van der Waals surface area contributed by atoms with Crippen LogP contribution in [0, 0.1) is 7.43 Å². The fourth-order valence-electron chi connectivity index (χ4n) is 0.715. The Kier molecular flexibility index (Phi) is 18.0. The van der Waals surface area contributed by atoms with Crippen LogP contribution in [0.15, 0.2) is 0 Å². The molecule has 0 aromatic rings. The average Bonchev–Trinajstić information content (AvgIpc) is 1.80. The molecule has 0 atom stereocenters. The van der Waals surface area contributed by atoms with Gasteiger partial charge in [0.2, 0.25) is 0 Å². The van der Waals surface area contributed by atoms with Crippen molar-refractivity contribution in [1.29, 1.82) is 0 Å². The van der Waals surface area contributed by atoms with E-state index in [1.807, 2.05) is 0 Å². The van der Waals surface area contributed by atoms with Crippen LogP contribution in [-0.4, -0.2) is 47.9 Å². The van der Waals surface area contributed by atoms with Crippen LogP contribution < -0.4 is 15.3 Å². The minimum Gasteiger partial charge on any atom is -0.549 e. The average molecular weight is 277 g/mol. The Labute approximate surface area is 103 Å². The molecule has 2 N–H and O–H groups in total. The minimum atomic E-state index is -1.57. The third kappa shape index (κ3) is 15.3. The number of carbonyl (C=O) groups is 3. The molecule has 0 bridgehead atoms. The van der Waals surface area contributed by atoms with E-state index in [0.29, 0.717) is 4.90 Å². The number of carbonyl (C=O) groups excluding carboxylic acids is 3. The molecule has 0 rings (SSSR count). The predicted molar refractivity (Wildman–Crippen MR) is 41.5 cm³/mol. The van der Waals surface area contributed by atoms with E-state index >= 15 is 0 Å². The second-order valence-electron chi connectivity index (χ2n) is 2.26. The zero-order valence-corrected chi connectivity index (χ0v) is 9.48. The van der Waals surface area contributed by atoms with Gasteiger partial charge in [-0.15, -0.1) is 0 Å². The Morgan fingerprint density at radius 3 is 1.12 bits per heavy atom. The first kappa shape index (κ1) is 24.2. The molecule has 0 amide bonds. The first-order chi connectivity index (χ1) is 5.91. The predicted octanol–water partition coefficient (Wildman–Crippen LogP) is -5.84. The molecule has 1 radical (unpaired) electrons. The molecule has 8 nitrogen and oxygen atoms in total. The van der Waals surface area contributed by atoms with Crippen LogP contribution in [0.1, 0.15) is 0 Å². The maximum Gasteiger partial charge on any atom is 3.00 e. The molecule has 0 saturated carbocycles. The van der Waals surface area contributed by atoms with E-state index in [1.54, 1.807) is 0 Å². The summed E-state index contributed by atoms with van der Waals surface area (Å²) in [6.07, 6.45) is 0. The van der Waals surface area contributed by atoms with Gasteiger partial charge in [-0.2, -0.15) is 0 Å². The summed E-state index contributed by atoms with van der Waals surface area (Å²) in [4.78, 5) is 30.6. The van der Waals surface area contributed by atoms with Crippen molar-refractivity contribution in [3.8, 4) is 0 Å². The molecule has 0 aliphatic rings. The van der Waals surface area contributed by atoms with E-state index in [4.69, 9.17) is 0 Å². The van der Waals surface area contributed by atoms with Crippen molar-refractivity contribution in [3.05, 3.63) is 7.43 Å². The smallest absolute Gasteiger partial charge is 0.549 e. The van der Waals surface area contributed by atoms with E-state index < -0.39 is 37.5 Å². The number of carboxylic acids is 3. The summed E-state index contributed by atoms with van der Waals surface area (Å²) >= 11 is 0. The Morgan fingerprint density at radius 2 is 1.00 bits per heavy atom. The monoisotopic (exact) mass is 277 g/mol. The van der Waals surface area contributed by atoms with Gasteiger partial charge < -0.3 is 42.6 Å². The van der Waals surface area contributed by atoms with Gasteiger partial charge in [-0.3, -0.25) is 4.90 Å². The van der Waals surface area contributed by atoms with Gasteiger partial charge in [0, 0.05) is 19.6 Å². The normalized spacial score (nSPS) is 8.06. The number of aliphatic carboxylic acids is 3. The largest absolute Gasteiger partial charge is 3.00 e. The van der Waals surface area contributed by atoms with Crippen molar-refractivity contribution < 1.29 is 52.2 Å². The fraction of sp³-hybridized carbons (Fsp3) is 0.429. The summed E-state index contributed by atoms with van der Waals surface area (Å²) in [7, 11) is 0. The second-order valence-corrected chi connectivity index (χ2v) is 2.26. The third-order valence-electron chi connectivity index (χ3n) is 1.06. The second kappa shape index (κ2) is 11.9. The summed E-state index contributed by atoms with van der Waals surface area (Å²) in [5.41, 5.74) is 0. The van der Waals surface area contributed by atoms with Gasteiger partial charge in [0.15, 0.2) is 0 Å². The topological polar surface area (TPSA) is 155 Å². The molecule has 0 aromatic carbocycles. The molecule has 0 aliphatic carbocycles. The zero-order valence-electron chi connectivity index (χ0n) is 8.37. The summed E-state index contributed by atoms with van der Waals surface area (Å²) in [5.74, 6) is -4.70. The standard InChI is InChI=1S/C6H9NO6.CH3.Fe.H2O/c8-4(9)1-7(2-5(10)11)3-6(12)13;;;/h1-3H2,(H,8,9)(H,10,11)(H,12,13);1H3;;1H2/q;-1;+3;/p-3. The summed E-state index contributed by atoms with van der Waals surface area (Å²) in [5, 5.41) is 30.0. The molecular formula is C7H11FeNO7-. The molecule has 0 fully saturated rings. The number of nitrogens with zero attached hydrogens (tertiary/aromatic N) is 1. The van der Waals surface area contributed by atoms with Crippen LogP contribution in [0.25, 0.3) is 0 Å². The van der Waals surface area contributed by atoms with Crippen molar-refractivity contribution in [3.63, 3.8) is 0 Å². The van der Waals surface area contributed by atoms with Crippen molar-refractivity contribution in [2.75, 3.05) is 19.6 Å². The molecule has 0 aromatic heterocycles. The van der Waals surface area contributed by atoms with Gasteiger partial charge in [-0.1, -0.05) is 0 Å². The zero-order chi connectivity index (χ0) is 10.4. The number of carboxylic acid groups (broad SMARTS) is 3. The van der Waals surface area contributed by atoms with E-state index in [-0.39, 0.29) is 30.0 Å². The Bertz CT molecular complexity index is 195. The quantitative estimate of drug-likeness (QED) is 0.345. The SMILES string of the molecule is O.O=C([O-])CN(CC(=O)[O-])CC(=O)[O-].[CH3-].[Fe+3]. The molecule has 9 heteroatoms. The van der Waals surface area contributed by atoms with Crippen molar-refractivity contribution in [2.24, 2.45) is 0 Å². The minimum absolute atomic E-state index is 0. The molecule has 95 valence electrons. The van der Waals surface area contributed by atoms with E-state index in [0.717, 1.165) is 0 Å². The maximum absolute atomic E-state index is 9.99. The number of hydrogen-bond donors (Lipinski definition) is 0. The van der Waals surface area contributed by atoms with Gasteiger partial charge in [-0.05, 0) is 0 Å². The molecule has 16 heavy (non-hydrogen) atoms. The maximum atomic E-state index is 9.99. The number of hydrogen-bond acceptors (Lipinski definition) is 7. The van der Waals surface area contributed by atoms with E-state index in [9.17, 15) is 29.7 Å². The van der Waals surface area contributed by atoms with Crippen molar-refractivity contribution in [2.45, 2.75) is 0 Å². The van der Waals surface area contributed by atoms with Gasteiger partial charge in [0.25, 0.3) is 0 Å². The van der Waals surface area contributed by atoms with Crippen LogP contribution in [0.5, 0.6) is 0 Å². The van der Waals surface area contributed by atoms with Crippen molar-refractivity contribution in [1.82, 2.24) is 4.90 Å². The van der Waals surface area contributed by atoms with E-state index in [2.05, 4.69) is 0 Å². The number of rotatable bonds is 6. The van der Waals surface area contributed by atoms with Crippen LogP contribution in [0.4, 0.5) is 0 Å². The summed E-state index contributed by atoms with van der Waals surface area (Å²) in [6, 6.07) is 0. The van der Waals surface area contributed by atoms with Crippen LogP contribution in [0.2, 0.25) is 0 Å². The Balaban J connectivity index is -0.000000240. The first-order valence-electron chi connectivity index (χ1n) is 3.23. The van der Waals surface area contributed by atoms with E-state index in [1.165, 1.54) is 0 Å². The Hall–Kier alpha value is -1.15. The molecule has 0 spiro atoms. The third-order valence-corrected chi connectivity index (χ3v) is 1.06. The molecule has 0 unspecified atom stereocenters. The van der Waals surface area contributed by atoms with Crippen LogP contribution in [-0.2, 0) is 31.5 Å². The van der Waals surface area contributed by atoms with Gasteiger partial charge in [0.1, 0.15) is 0 Å². The van der Waals surface area contributed by atoms with Gasteiger partial charge in [-0.25, -0.2) is 0 Å².